The summed E-state index contributed by atoms with van der Waals surface area (Å²) >= 11 is 0. The Bertz CT molecular complexity index is 539. The van der Waals surface area contributed by atoms with E-state index in [0.717, 1.165) is 11.4 Å². The molecule has 0 aromatic heterocycles. The fraction of sp³-hybridized carbons (Fsp3) is 0.235. The SMILES string of the molecule is Cc1ccc(C(=NCc2ccccc2)N(C)C)cc1. The molecule has 19 heavy (non-hydrogen) atoms. The number of nitrogens with zero attached hydrogens (tertiary/aromatic N) is 2. The van der Waals surface area contributed by atoms with Gasteiger partial charge in [-0.3, -0.25) is 4.99 Å². The second kappa shape index (κ2) is 6.19. The molecule has 2 aromatic rings. The van der Waals surface area contributed by atoms with Crippen molar-refractivity contribution < 1.29 is 0 Å². The summed E-state index contributed by atoms with van der Waals surface area (Å²) in [6.45, 7) is 2.81. The Morgan fingerprint density at radius 3 is 2.16 bits per heavy atom. The molecule has 0 aliphatic carbocycles. The Balaban J connectivity index is 2.23. The minimum atomic E-state index is 0.711. The highest BCUT2D eigenvalue weighted by atomic mass is 15.1. The molecule has 0 N–H and O–H groups in total. The van der Waals surface area contributed by atoms with Gasteiger partial charge in [-0.05, 0) is 12.5 Å². The van der Waals surface area contributed by atoms with Gasteiger partial charge in [0.15, 0.2) is 0 Å². The molecule has 0 heterocycles. The van der Waals surface area contributed by atoms with Gasteiger partial charge in [0.1, 0.15) is 5.84 Å². The van der Waals surface area contributed by atoms with Crippen molar-refractivity contribution in [3.63, 3.8) is 0 Å². The van der Waals surface area contributed by atoms with Crippen molar-refractivity contribution in [1.82, 2.24) is 4.90 Å². The Hall–Kier alpha value is -2.09. The molecule has 0 saturated carbocycles. The molecule has 0 amide bonds. The van der Waals surface area contributed by atoms with Crippen LogP contribution in [0.3, 0.4) is 0 Å². The molecule has 2 nitrogen and oxygen atoms in total. The zero-order valence-corrected chi connectivity index (χ0v) is 11.8. The maximum absolute atomic E-state index is 4.74. The van der Waals surface area contributed by atoms with E-state index in [4.69, 9.17) is 4.99 Å². The van der Waals surface area contributed by atoms with Crippen molar-refractivity contribution in [2.75, 3.05) is 14.1 Å². The largest absolute Gasteiger partial charge is 0.363 e. The van der Waals surface area contributed by atoms with Gasteiger partial charge in [0.25, 0.3) is 0 Å². The van der Waals surface area contributed by atoms with Crippen LogP contribution in [-0.2, 0) is 6.54 Å². The third-order valence-electron chi connectivity index (χ3n) is 2.99. The van der Waals surface area contributed by atoms with Crippen LogP contribution in [0, 0.1) is 6.92 Å². The fourth-order valence-electron chi connectivity index (χ4n) is 1.94. The van der Waals surface area contributed by atoms with Gasteiger partial charge in [-0.25, -0.2) is 0 Å². The lowest BCUT2D eigenvalue weighted by atomic mass is 10.1. The molecule has 2 rings (SSSR count). The molecule has 0 radical (unpaired) electrons. The summed E-state index contributed by atoms with van der Waals surface area (Å²) in [5, 5.41) is 0. The van der Waals surface area contributed by atoms with Crippen molar-refractivity contribution in [3.8, 4) is 0 Å². The summed E-state index contributed by atoms with van der Waals surface area (Å²) in [7, 11) is 4.06. The number of aliphatic imine (C=N–C) groups is 1. The molecule has 2 aromatic carbocycles. The summed E-state index contributed by atoms with van der Waals surface area (Å²) in [6, 6.07) is 18.8. The molecular formula is C17H20N2. The molecule has 98 valence electrons. The normalized spacial score (nSPS) is 11.4. The average Bonchev–Trinajstić information content (AvgIpc) is 2.42. The fourth-order valence-corrected chi connectivity index (χ4v) is 1.94. The van der Waals surface area contributed by atoms with Gasteiger partial charge in [0.2, 0.25) is 0 Å². The Morgan fingerprint density at radius 2 is 1.58 bits per heavy atom. The predicted molar refractivity (Wildman–Crippen MR) is 81.5 cm³/mol. The summed E-state index contributed by atoms with van der Waals surface area (Å²) in [4.78, 5) is 6.80. The summed E-state index contributed by atoms with van der Waals surface area (Å²) in [5.41, 5.74) is 3.66. The van der Waals surface area contributed by atoms with Crippen LogP contribution < -0.4 is 0 Å². The third kappa shape index (κ3) is 3.68. The van der Waals surface area contributed by atoms with Crippen LogP contribution in [0.4, 0.5) is 0 Å². The number of hydrogen-bond acceptors (Lipinski definition) is 1. The topological polar surface area (TPSA) is 15.6 Å². The van der Waals surface area contributed by atoms with Crippen LogP contribution in [-0.4, -0.2) is 24.8 Å². The van der Waals surface area contributed by atoms with E-state index in [1.807, 2.05) is 32.3 Å². The molecule has 0 atom stereocenters. The molecule has 0 spiro atoms. The average molecular weight is 252 g/mol. The quantitative estimate of drug-likeness (QED) is 0.603. The van der Waals surface area contributed by atoms with E-state index in [9.17, 15) is 0 Å². The highest BCUT2D eigenvalue weighted by molar-refractivity contribution is 5.98. The summed E-state index contributed by atoms with van der Waals surface area (Å²) < 4.78 is 0. The number of rotatable bonds is 3. The zero-order chi connectivity index (χ0) is 13.7. The third-order valence-corrected chi connectivity index (χ3v) is 2.99. The second-order valence-corrected chi connectivity index (χ2v) is 4.89. The highest BCUT2D eigenvalue weighted by Gasteiger charge is 2.05. The lowest BCUT2D eigenvalue weighted by molar-refractivity contribution is 0.618. The van der Waals surface area contributed by atoms with E-state index in [-0.39, 0.29) is 0 Å². The first-order valence-corrected chi connectivity index (χ1v) is 6.49. The summed E-state index contributed by atoms with van der Waals surface area (Å²) in [6.07, 6.45) is 0. The predicted octanol–water partition coefficient (Wildman–Crippen LogP) is 3.50. The van der Waals surface area contributed by atoms with Gasteiger partial charge in [0, 0.05) is 19.7 Å². The van der Waals surface area contributed by atoms with Crippen molar-refractivity contribution in [2.45, 2.75) is 13.5 Å². The van der Waals surface area contributed by atoms with Gasteiger partial charge in [-0.15, -0.1) is 0 Å². The molecule has 0 unspecified atom stereocenters. The standard InChI is InChI=1S/C17H20N2/c1-14-9-11-16(12-10-14)17(19(2)3)18-13-15-7-5-4-6-8-15/h4-12H,13H2,1-3H3. The lowest BCUT2D eigenvalue weighted by Crippen LogP contribution is -2.23. The van der Waals surface area contributed by atoms with E-state index < -0.39 is 0 Å². The van der Waals surface area contributed by atoms with Crippen LogP contribution >= 0.6 is 0 Å². The summed E-state index contributed by atoms with van der Waals surface area (Å²) in [5.74, 6) is 1.02. The monoisotopic (exact) mass is 252 g/mol. The first kappa shape index (κ1) is 13.3. The van der Waals surface area contributed by atoms with E-state index >= 15 is 0 Å². The van der Waals surface area contributed by atoms with E-state index in [0.29, 0.717) is 6.54 Å². The second-order valence-electron chi connectivity index (χ2n) is 4.89. The van der Waals surface area contributed by atoms with Crippen molar-refractivity contribution in [1.29, 1.82) is 0 Å². The molecule has 0 fully saturated rings. The molecule has 2 heteroatoms. The minimum absolute atomic E-state index is 0.711. The maximum atomic E-state index is 4.74. The van der Waals surface area contributed by atoms with Crippen molar-refractivity contribution in [2.24, 2.45) is 4.99 Å². The molecular weight excluding hydrogens is 232 g/mol. The van der Waals surface area contributed by atoms with Crippen molar-refractivity contribution >= 4 is 5.84 Å². The van der Waals surface area contributed by atoms with E-state index in [1.165, 1.54) is 11.1 Å². The van der Waals surface area contributed by atoms with Gasteiger partial charge < -0.3 is 4.90 Å². The van der Waals surface area contributed by atoms with Crippen LogP contribution in [0.5, 0.6) is 0 Å². The van der Waals surface area contributed by atoms with Gasteiger partial charge in [-0.2, -0.15) is 0 Å². The zero-order valence-electron chi connectivity index (χ0n) is 11.8. The molecule has 0 saturated heterocycles. The van der Waals surface area contributed by atoms with E-state index in [2.05, 4.69) is 48.2 Å². The van der Waals surface area contributed by atoms with Crippen LogP contribution in [0.1, 0.15) is 16.7 Å². The first-order chi connectivity index (χ1) is 9.16. The Morgan fingerprint density at radius 1 is 0.947 bits per heavy atom. The first-order valence-electron chi connectivity index (χ1n) is 6.49. The number of aryl methyl sites for hydroxylation is 1. The smallest absolute Gasteiger partial charge is 0.130 e. The van der Waals surface area contributed by atoms with Gasteiger partial charge >= 0.3 is 0 Å². The molecule has 0 bridgehead atoms. The van der Waals surface area contributed by atoms with Gasteiger partial charge in [0.05, 0.1) is 6.54 Å². The van der Waals surface area contributed by atoms with Gasteiger partial charge in [-0.1, -0.05) is 60.2 Å². The Kier molecular flexibility index (Phi) is 4.35. The molecule has 0 aliphatic rings. The minimum Gasteiger partial charge on any atom is -0.363 e. The van der Waals surface area contributed by atoms with Crippen LogP contribution in [0.2, 0.25) is 0 Å². The highest BCUT2D eigenvalue weighted by Crippen LogP contribution is 2.08. The van der Waals surface area contributed by atoms with Crippen LogP contribution in [0.25, 0.3) is 0 Å². The molecule has 0 aliphatic heterocycles. The van der Waals surface area contributed by atoms with Crippen LogP contribution in [0.15, 0.2) is 59.6 Å². The number of hydrogen-bond donors (Lipinski definition) is 0. The maximum Gasteiger partial charge on any atom is 0.130 e. The van der Waals surface area contributed by atoms with E-state index in [1.54, 1.807) is 0 Å². The van der Waals surface area contributed by atoms with Crippen molar-refractivity contribution in [3.05, 3.63) is 71.3 Å². The lowest BCUT2D eigenvalue weighted by Gasteiger charge is -2.16. The number of amidine groups is 1. The Labute approximate surface area is 115 Å². The number of benzene rings is 2.